The van der Waals surface area contributed by atoms with Gasteiger partial charge in [0.1, 0.15) is 11.6 Å². The molecule has 0 atom stereocenters. The minimum atomic E-state index is -0.361. The molecule has 0 aliphatic heterocycles. The van der Waals surface area contributed by atoms with Gasteiger partial charge >= 0.3 is 0 Å². The van der Waals surface area contributed by atoms with Crippen molar-refractivity contribution in [3.05, 3.63) is 59.9 Å². The Kier molecular flexibility index (Phi) is 5.14. The number of halogens is 1. The van der Waals surface area contributed by atoms with Gasteiger partial charge in [-0.1, -0.05) is 36.0 Å². The molecule has 0 aliphatic carbocycles. The van der Waals surface area contributed by atoms with E-state index in [2.05, 4.69) is 10.2 Å². The van der Waals surface area contributed by atoms with E-state index in [0.29, 0.717) is 27.9 Å². The monoisotopic (exact) mass is 357 g/mol. The predicted octanol–water partition coefficient (Wildman–Crippen LogP) is 3.60. The first-order valence-electron chi connectivity index (χ1n) is 7.55. The summed E-state index contributed by atoms with van der Waals surface area (Å²) >= 11 is 1.25. The van der Waals surface area contributed by atoms with Gasteiger partial charge in [-0.15, -0.1) is 10.2 Å². The molecule has 3 aromatic rings. The van der Waals surface area contributed by atoms with Crippen LogP contribution in [0.2, 0.25) is 0 Å². The van der Waals surface area contributed by atoms with Crippen LogP contribution in [0.25, 0.3) is 11.4 Å². The molecule has 0 unspecified atom stereocenters. The minimum Gasteiger partial charge on any atom is -0.496 e. The number of aromatic nitrogens is 3. The summed E-state index contributed by atoms with van der Waals surface area (Å²) in [6.45, 7) is 0. The van der Waals surface area contributed by atoms with E-state index >= 15 is 0 Å². The molecule has 25 heavy (non-hydrogen) atoms. The summed E-state index contributed by atoms with van der Waals surface area (Å²) in [5.74, 6) is 0.713. The number of carbonyl (C=O) groups is 1. The summed E-state index contributed by atoms with van der Waals surface area (Å²) in [6, 6.07) is 13.5. The molecule has 0 spiro atoms. The molecule has 0 N–H and O–H groups in total. The van der Waals surface area contributed by atoms with Gasteiger partial charge in [0.2, 0.25) is 0 Å². The highest BCUT2D eigenvalue weighted by Crippen LogP contribution is 2.26. The molecule has 5 nitrogen and oxygen atoms in total. The topological polar surface area (TPSA) is 57.0 Å². The summed E-state index contributed by atoms with van der Waals surface area (Å²) in [6.07, 6.45) is 0. The van der Waals surface area contributed by atoms with E-state index in [1.165, 1.54) is 24.9 Å². The highest BCUT2D eigenvalue weighted by molar-refractivity contribution is 7.99. The molecule has 1 aromatic heterocycles. The SMILES string of the molecule is COc1ccccc1C(=O)CSc1nnc(-c2ccccc2F)n1C. The predicted molar refractivity (Wildman–Crippen MR) is 94.4 cm³/mol. The van der Waals surface area contributed by atoms with Crippen molar-refractivity contribution in [3.63, 3.8) is 0 Å². The lowest BCUT2D eigenvalue weighted by molar-refractivity contribution is 0.101. The molecule has 0 saturated heterocycles. The number of nitrogens with zero attached hydrogens (tertiary/aromatic N) is 3. The van der Waals surface area contributed by atoms with Crippen molar-refractivity contribution in [1.29, 1.82) is 0 Å². The first kappa shape index (κ1) is 17.2. The molecular weight excluding hydrogens is 341 g/mol. The van der Waals surface area contributed by atoms with Gasteiger partial charge in [-0.25, -0.2) is 4.39 Å². The van der Waals surface area contributed by atoms with Crippen molar-refractivity contribution in [3.8, 4) is 17.1 Å². The highest BCUT2D eigenvalue weighted by atomic mass is 32.2. The number of methoxy groups -OCH3 is 1. The third-order valence-electron chi connectivity index (χ3n) is 3.69. The number of thioether (sulfide) groups is 1. The summed E-state index contributed by atoms with van der Waals surface area (Å²) < 4.78 is 20.8. The van der Waals surface area contributed by atoms with Gasteiger partial charge in [-0.2, -0.15) is 0 Å². The Hall–Kier alpha value is -2.67. The second-order valence-corrected chi connectivity index (χ2v) is 6.20. The standard InChI is InChI=1S/C18H16FN3O2S/c1-22-17(12-7-3-5-9-14(12)19)20-21-18(22)25-11-15(23)13-8-4-6-10-16(13)24-2/h3-10H,11H2,1-2H3. The zero-order chi connectivity index (χ0) is 17.8. The summed E-state index contributed by atoms with van der Waals surface area (Å²) in [4.78, 5) is 12.4. The van der Waals surface area contributed by atoms with Gasteiger partial charge in [0.05, 0.1) is 24.0 Å². The Labute approximate surface area is 148 Å². The maximum atomic E-state index is 13.9. The van der Waals surface area contributed by atoms with E-state index in [4.69, 9.17) is 4.74 Å². The van der Waals surface area contributed by atoms with Crippen molar-refractivity contribution in [2.75, 3.05) is 12.9 Å². The Balaban J connectivity index is 1.77. The van der Waals surface area contributed by atoms with Crippen molar-refractivity contribution in [2.24, 2.45) is 7.05 Å². The maximum Gasteiger partial charge on any atom is 0.191 e. The largest absolute Gasteiger partial charge is 0.496 e. The number of ether oxygens (including phenoxy) is 1. The molecule has 2 aromatic carbocycles. The molecule has 0 saturated carbocycles. The molecule has 0 radical (unpaired) electrons. The van der Waals surface area contributed by atoms with Crippen LogP contribution in [0.1, 0.15) is 10.4 Å². The number of hydrogen-bond donors (Lipinski definition) is 0. The molecular formula is C18H16FN3O2S. The van der Waals surface area contributed by atoms with Crippen molar-refractivity contribution in [2.45, 2.75) is 5.16 Å². The fourth-order valence-electron chi connectivity index (χ4n) is 2.40. The zero-order valence-corrected chi connectivity index (χ0v) is 14.6. The first-order chi connectivity index (χ1) is 12.1. The molecule has 0 amide bonds. The van der Waals surface area contributed by atoms with E-state index in [1.54, 1.807) is 48.0 Å². The van der Waals surface area contributed by atoms with Crippen molar-refractivity contribution in [1.82, 2.24) is 14.8 Å². The third kappa shape index (κ3) is 3.56. The van der Waals surface area contributed by atoms with Gasteiger partial charge in [0.25, 0.3) is 0 Å². The number of Topliss-reactive ketones (excluding diaryl/α,β-unsaturated/α-hetero) is 1. The Morgan fingerprint density at radius 3 is 2.64 bits per heavy atom. The summed E-state index contributed by atoms with van der Waals surface area (Å²) in [7, 11) is 3.28. The number of para-hydroxylation sites is 1. The number of ketones is 1. The second-order valence-electron chi connectivity index (χ2n) is 5.26. The first-order valence-corrected chi connectivity index (χ1v) is 8.53. The quantitative estimate of drug-likeness (QED) is 0.498. The van der Waals surface area contributed by atoms with Crippen LogP contribution in [0.3, 0.4) is 0 Å². The van der Waals surface area contributed by atoms with Crippen LogP contribution in [-0.2, 0) is 7.05 Å². The maximum absolute atomic E-state index is 13.9. The van der Waals surface area contributed by atoms with Gasteiger partial charge < -0.3 is 9.30 Å². The van der Waals surface area contributed by atoms with Gasteiger partial charge in [-0.05, 0) is 24.3 Å². The molecule has 0 aliphatic rings. The van der Waals surface area contributed by atoms with Gasteiger partial charge in [-0.3, -0.25) is 4.79 Å². The van der Waals surface area contributed by atoms with Crippen LogP contribution in [0.5, 0.6) is 5.75 Å². The summed E-state index contributed by atoms with van der Waals surface area (Å²) in [5, 5.41) is 8.66. The molecule has 0 bridgehead atoms. The molecule has 0 fully saturated rings. The van der Waals surface area contributed by atoms with Crippen LogP contribution in [0.15, 0.2) is 53.7 Å². The smallest absolute Gasteiger partial charge is 0.191 e. The normalized spacial score (nSPS) is 10.7. The minimum absolute atomic E-state index is 0.0714. The van der Waals surface area contributed by atoms with E-state index in [0.717, 1.165) is 0 Å². The molecule has 3 rings (SSSR count). The van der Waals surface area contributed by atoms with Crippen molar-refractivity contribution < 1.29 is 13.9 Å². The van der Waals surface area contributed by atoms with Crippen LogP contribution < -0.4 is 4.74 Å². The van der Waals surface area contributed by atoms with Gasteiger partial charge in [0.15, 0.2) is 16.8 Å². The number of carbonyl (C=O) groups excluding carboxylic acids is 1. The summed E-state index contributed by atoms with van der Waals surface area (Å²) in [5.41, 5.74) is 0.898. The fourth-order valence-corrected chi connectivity index (χ4v) is 3.19. The third-order valence-corrected chi connectivity index (χ3v) is 4.71. The lowest BCUT2D eigenvalue weighted by Gasteiger charge is -2.07. The van der Waals surface area contributed by atoms with Crippen molar-refractivity contribution >= 4 is 17.5 Å². The lowest BCUT2D eigenvalue weighted by Crippen LogP contribution is -2.06. The Morgan fingerprint density at radius 2 is 1.88 bits per heavy atom. The van der Waals surface area contributed by atoms with E-state index in [1.807, 2.05) is 6.07 Å². The van der Waals surface area contributed by atoms with Crippen LogP contribution in [0.4, 0.5) is 4.39 Å². The average molecular weight is 357 g/mol. The van der Waals surface area contributed by atoms with E-state index in [-0.39, 0.29) is 17.4 Å². The van der Waals surface area contributed by atoms with E-state index in [9.17, 15) is 9.18 Å². The van der Waals surface area contributed by atoms with Crippen LogP contribution in [-0.4, -0.2) is 33.4 Å². The highest BCUT2D eigenvalue weighted by Gasteiger charge is 2.17. The molecule has 1 heterocycles. The number of hydrogen-bond acceptors (Lipinski definition) is 5. The fraction of sp³-hybridized carbons (Fsp3) is 0.167. The number of rotatable bonds is 6. The Morgan fingerprint density at radius 1 is 1.16 bits per heavy atom. The second kappa shape index (κ2) is 7.48. The average Bonchev–Trinajstić information content (AvgIpc) is 3.00. The van der Waals surface area contributed by atoms with Gasteiger partial charge in [0, 0.05) is 7.05 Å². The van der Waals surface area contributed by atoms with Crippen LogP contribution >= 0.6 is 11.8 Å². The number of benzene rings is 2. The molecule has 128 valence electrons. The van der Waals surface area contributed by atoms with E-state index < -0.39 is 0 Å². The lowest BCUT2D eigenvalue weighted by atomic mass is 10.1. The zero-order valence-electron chi connectivity index (χ0n) is 13.8. The Bertz CT molecular complexity index is 911. The molecule has 7 heteroatoms. The van der Waals surface area contributed by atoms with Crippen LogP contribution in [0, 0.1) is 5.82 Å².